The highest BCUT2D eigenvalue weighted by Gasteiger charge is 2.06. The lowest BCUT2D eigenvalue weighted by Crippen LogP contribution is -1.88. The summed E-state index contributed by atoms with van der Waals surface area (Å²) in [6.45, 7) is 0. The van der Waals surface area contributed by atoms with Gasteiger partial charge in [0.05, 0.1) is 22.3 Å². The van der Waals surface area contributed by atoms with Crippen LogP contribution in [0.5, 0.6) is 0 Å². The van der Waals surface area contributed by atoms with Crippen molar-refractivity contribution in [3.05, 3.63) is 70.3 Å². The first kappa shape index (κ1) is 12.5. The molecule has 0 fully saturated rings. The van der Waals surface area contributed by atoms with E-state index in [1.807, 2.05) is 35.7 Å². The van der Waals surface area contributed by atoms with Gasteiger partial charge in [-0.25, -0.2) is 4.98 Å². The summed E-state index contributed by atoms with van der Waals surface area (Å²) < 4.78 is 0. The molecule has 4 heteroatoms. The molecule has 2 heterocycles. The van der Waals surface area contributed by atoms with Gasteiger partial charge in [0.1, 0.15) is 0 Å². The third kappa shape index (κ3) is 2.73. The van der Waals surface area contributed by atoms with Crippen molar-refractivity contribution in [2.24, 2.45) is 0 Å². The Morgan fingerprint density at radius 2 is 2.00 bits per heavy atom. The summed E-state index contributed by atoms with van der Waals surface area (Å²) in [5.74, 6) is 0. The summed E-state index contributed by atoms with van der Waals surface area (Å²) in [6, 6.07) is 13.7. The monoisotopic (exact) mass is 277 g/mol. The van der Waals surface area contributed by atoms with Gasteiger partial charge in [-0.2, -0.15) is 5.26 Å². The maximum absolute atomic E-state index is 8.94. The molecule has 3 rings (SSSR count). The fraction of sp³-hybridized carbons (Fsp3) is 0.0625. The molecule has 0 aliphatic rings. The summed E-state index contributed by atoms with van der Waals surface area (Å²) >= 11 is 1.64. The Morgan fingerprint density at radius 1 is 1.15 bits per heavy atom. The Morgan fingerprint density at radius 3 is 2.80 bits per heavy atom. The summed E-state index contributed by atoms with van der Waals surface area (Å²) in [7, 11) is 0. The number of hydrogen-bond acceptors (Lipinski definition) is 4. The molecule has 0 radical (unpaired) electrons. The van der Waals surface area contributed by atoms with Crippen molar-refractivity contribution in [2.75, 3.05) is 0 Å². The van der Waals surface area contributed by atoms with Gasteiger partial charge in [-0.05, 0) is 29.8 Å². The highest BCUT2D eigenvalue weighted by atomic mass is 32.1. The normalized spacial score (nSPS) is 10.2. The minimum Gasteiger partial charge on any atom is -0.265 e. The second kappa shape index (κ2) is 5.64. The van der Waals surface area contributed by atoms with Crippen LogP contribution in [-0.2, 0) is 6.42 Å². The Hall–Kier alpha value is -2.51. The number of aromatic nitrogens is 2. The number of pyridine rings is 1. The molecule has 96 valence electrons. The van der Waals surface area contributed by atoms with E-state index in [1.165, 1.54) is 5.56 Å². The molecule has 0 bridgehead atoms. The van der Waals surface area contributed by atoms with E-state index in [1.54, 1.807) is 29.8 Å². The molecule has 0 aliphatic heterocycles. The fourth-order valence-corrected chi connectivity index (χ4v) is 2.79. The highest BCUT2D eigenvalue weighted by Crippen LogP contribution is 2.24. The molecule has 3 aromatic rings. The van der Waals surface area contributed by atoms with Crippen LogP contribution in [0, 0.1) is 11.3 Å². The van der Waals surface area contributed by atoms with Crippen LogP contribution >= 0.6 is 11.3 Å². The maximum Gasteiger partial charge on any atom is 0.0991 e. The van der Waals surface area contributed by atoms with Gasteiger partial charge in [0.15, 0.2) is 0 Å². The first-order chi connectivity index (χ1) is 9.85. The third-order valence-corrected chi connectivity index (χ3v) is 3.79. The van der Waals surface area contributed by atoms with Crippen LogP contribution in [-0.4, -0.2) is 9.97 Å². The summed E-state index contributed by atoms with van der Waals surface area (Å²) in [4.78, 5) is 8.65. The average molecular weight is 277 g/mol. The van der Waals surface area contributed by atoms with Crippen molar-refractivity contribution in [2.45, 2.75) is 6.42 Å². The molecule has 3 nitrogen and oxygen atoms in total. The van der Waals surface area contributed by atoms with E-state index in [2.05, 4.69) is 16.0 Å². The molecule has 0 N–H and O–H groups in total. The highest BCUT2D eigenvalue weighted by molar-refractivity contribution is 7.10. The first-order valence-electron chi connectivity index (χ1n) is 6.19. The van der Waals surface area contributed by atoms with E-state index in [-0.39, 0.29) is 0 Å². The molecule has 0 saturated heterocycles. The fourth-order valence-electron chi connectivity index (χ4n) is 1.95. The lowest BCUT2D eigenvalue weighted by atomic mass is 10.1. The molecule has 1 aromatic carbocycles. The summed E-state index contributed by atoms with van der Waals surface area (Å²) in [5.41, 5.74) is 3.77. The van der Waals surface area contributed by atoms with Gasteiger partial charge in [0.25, 0.3) is 0 Å². The van der Waals surface area contributed by atoms with Gasteiger partial charge in [-0.1, -0.05) is 12.1 Å². The van der Waals surface area contributed by atoms with Crippen molar-refractivity contribution in [3.63, 3.8) is 0 Å². The lowest BCUT2D eigenvalue weighted by molar-refractivity contribution is 1.12. The molecular formula is C16H11N3S. The molecular weight excluding hydrogens is 266 g/mol. The lowest BCUT2D eigenvalue weighted by Gasteiger charge is -1.98. The van der Waals surface area contributed by atoms with Gasteiger partial charge < -0.3 is 0 Å². The number of thiazole rings is 1. The zero-order valence-corrected chi connectivity index (χ0v) is 11.5. The Labute approximate surface area is 121 Å². The first-order valence-corrected chi connectivity index (χ1v) is 7.07. The summed E-state index contributed by atoms with van der Waals surface area (Å²) in [6.07, 6.45) is 4.39. The molecule has 2 aromatic heterocycles. The Bertz CT molecular complexity index is 757. The predicted molar refractivity (Wildman–Crippen MR) is 79.3 cm³/mol. The van der Waals surface area contributed by atoms with Crippen molar-refractivity contribution in [3.8, 4) is 17.3 Å². The average Bonchev–Trinajstić information content (AvgIpc) is 2.97. The van der Waals surface area contributed by atoms with Crippen LogP contribution in [0.3, 0.4) is 0 Å². The second-order valence-corrected chi connectivity index (χ2v) is 5.29. The predicted octanol–water partition coefficient (Wildman–Crippen LogP) is 3.67. The summed E-state index contributed by atoms with van der Waals surface area (Å²) in [5, 5.41) is 12.0. The van der Waals surface area contributed by atoms with E-state index in [0.717, 1.165) is 22.7 Å². The van der Waals surface area contributed by atoms with E-state index in [9.17, 15) is 0 Å². The van der Waals surface area contributed by atoms with E-state index < -0.39 is 0 Å². The maximum atomic E-state index is 8.94. The molecule has 20 heavy (non-hydrogen) atoms. The molecule has 0 aliphatic carbocycles. The SMILES string of the molecule is N#Cc1cccc(-c2csc(Cc3ccncc3)n2)c1. The van der Waals surface area contributed by atoms with Crippen molar-refractivity contribution in [1.82, 2.24) is 9.97 Å². The quantitative estimate of drug-likeness (QED) is 0.734. The standard InChI is InChI=1S/C16H11N3S/c17-10-13-2-1-3-14(8-13)15-11-20-16(19-15)9-12-4-6-18-7-5-12/h1-8,11H,9H2. The van der Waals surface area contributed by atoms with Crippen LogP contribution in [0.1, 0.15) is 16.1 Å². The minimum absolute atomic E-state index is 0.659. The topological polar surface area (TPSA) is 49.6 Å². The number of rotatable bonds is 3. The van der Waals surface area contributed by atoms with Crippen LogP contribution in [0.15, 0.2) is 54.2 Å². The largest absolute Gasteiger partial charge is 0.265 e. The molecule has 0 amide bonds. The molecule has 0 saturated carbocycles. The van der Waals surface area contributed by atoms with Crippen LogP contribution in [0.4, 0.5) is 0 Å². The van der Waals surface area contributed by atoms with Crippen LogP contribution in [0.2, 0.25) is 0 Å². The molecule has 0 spiro atoms. The third-order valence-electron chi connectivity index (χ3n) is 2.94. The van der Waals surface area contributed by atoms with Gasteiger partial charge in [0.2, 0.25) is 0 Å². The number of nitriles is 1. The Balaban J connectivity index is 1.85. The van der Waals surface area contributed by atoms with Gasteiger partial charge in [0, 0.05) is 29.8 Å². The second-order valence-electron chi connectivity index (χ2n) is 4.35. The molecule has 0 unspecified atom stereocenters. The van der Waals surface area contributed by atoms with E-state index in [0.29, 0.717) is 5.56 Å². The van der Waals surface area contributed by atoms with Crippen molar-refractivity contribution < 1.29 is 0 Å². The van der Waals surface area contributed by atoms with E-state index >= 15 is 0 Å². The van der Waals surface area contributed by atoms with Crippen molar-refractivity contribution in [1.29, 1.82) is 5.26 Å². The zero-order valence-electron chi connectivity index (χ0n) is 10.7. The smallest absolute Gasteiger partial charge is 0.0991 e. The molecule has 0 atom stereocenters. The van der Waals surface area contributed by atoms with Gasteiger partial charge in [-0.3, -0.25) is 4.98 Å². The van der Waals surface area contributed by atoms with Gasteiger partial charge >= 0.3 is 0 Å². The number of hydrogen-bond donors (Lipinski definition) is 0. The van der Waals surface area contributed by atoms with Crippen LogP contribution < -0.4 is 0 Å². The van der Waals surface area contributed by atoms with E-state index in [4.69, 9.17) is 5.26 Å². The number of benzene rings is 1. The van der Waals surface area contributed by atoms with Crippen molar-refractivity contribution >= 4 is 11.3 Å². The number of nitrogens with zero attached hydrogens (tertiary/aromatic N) is 3. The Kier molecular flexibility index (Phi) is 3.53. The minimum atomic E-state index is 0.659. The zero-order chi connectivity index (χ0) is 13.8. The van der Waals surface area contributed by atoms with Crippen LogP contribution in [0.25, 0.3) is 11.3 Å². The van der Waals surface area contributed by atoms with Gasteiger partial charge in [-0.15, -0.1) is 11.3 Å².